The Labute approximate surface area is 114 Å². The second kappa shape index (κ2) is 5.83. The fourth-order valence-electron chi connectivity index (χ4n) is 1.44. The number of ether oxygens (including phenoxy) is 1. The van der Waals surface area contributed by atoms with E-state index in [9.17, 15) is 9.18 Å². The topological polar surface area (TPSA) is 85.4 Å². The third-order valence-electron chi connectivity index (χ3n) is 2.35. The van der Waals surface area contributed by atoms with Crippen LogP contribution in [0.5, 0.6) is 11.6 Å². The first-order valence-corrected chi connectivity index (χ1v) is 5.64. The number of carboxylic acid groups (broad SMARTS) is 1. The van der Waals surface area contributed by atoms with Gasteiger partial charge in [0.2, 0.25) is 5.88 Å². The summed E-state index contributed by atoms with van der Waals surface area (Å²) in [5, 5.41) is 8.49. The van der Waals surface area contributed by atoms with Crippen LogP contribution < -0.4 is 10.5 Å². The normalized spacial score (nSPS) is 10.7. The number of aliphatic carboxylic acids is 1. The van der Waals surface area contributed by atoms with Gasteiger partial charge in [0.25, 0.3) is 0 Å². The van der Waals surface area contributed by atoms with Crippen LogP contribution >= 0.6 is 0 Å². The lowest BCUT2D eigenvalue weighted by atomic mass is 10.2. The van der Waals surface area contributed by atoms with E-state index in [-0.39, 0.29) is 11.6 Å². The number of rotatable bonds is 4. The Kier molecular flexibility index (Phi) is 3.95. The van der Waals surface area contributed by atoms with E-state index in [1.165, 1.54) is 36.5 Å². The second-order valence-corrected chi connectivity index (χ2v) is 3.89. The van der Waals surface area contributed by atoms with Crippen molar-refractivity contribution in [3.63, 3.8) is 0 Å². The smallest absolute Gasteiger partial charge is 0.328 e. The van der Waals surface area contributed by atoms with Gasteiger partial charge >= 0.3 is 5.97 Å². The molecular formula is C14H11FN2O3. The monoisotopic (exact) mass is 274 g/mol. The van der Waals surface area contributed by atoms with Crippen LogP contribution in [0.15, 0.2) is 42.6 Å². The van der Waals surface area contributed by atoms with Gasteiger partial charge in [-0.3, -0.25) is 0 Å². The minimum absolute atomic E-state index is 0.00486. The molecule has 1 aromatic carbocycles. The fraction of sp³-hybridized carbons (Fsp3) is 0. The van der Waals surface area contributed by atoms with Crippen molar-refractivity contribution < 1.29 is 19.0 Å². The molecule has 0 atom stereocenters. The largest absolute Gasteiger partial charge is 0.478 e. The lowest BCUT2D eigenvalue weighted by Gasteiger charge is -2.06. The third kappa shape index (κ3) is 3.55. The molecule has 2 aromatic rings. The maximum Gasteiger partial charge on any atom is 0.328 e. The number of aromatic nitrogens is 1. The molecule has 1 aromatic heterocycles. The van der Waals surface area contributed by atoms with Crippen LogP contribution in [0, 0.1) is 5.82 Å². The third-order valence-corrected chi connectivity index (χ3v) is 2.35. The van der Waals surface area contributed by atoms with Crippen LogP contribution in [0.4, 0.5) is 10.1 Å². The number of carbonyl (C=O) groups is 1. The average molecular weight is 274 g/mol. The van der Waals surface area contributed by atoms with Gasteiger partial charge in [0.05, 0.1) is 11.9 Å². The Morgan fingerprint density at radius 1 is 1.35 bits per heavy atom. The van der Waals surface area contributed by atoms with Crippen molar-refractivity contribution in [3.05, 3.63) is 54.0 Å². The number of anilines is 1. The first-order chi connectivity index (χ1) is 9.54. The van der Waals surface area contributed by atoms with E-state index < -0.39 is 11.8 Å². The molecule has 20 heavy (non-hydrogen) atoms. The highest BCUT2D eigenvalue weighted by atomic mass is 19.1. The maximum atomic E-state index is 13.8. The Hall–Kier alpha value is -2.89. The van der Waals surface area contributed by atoms with E-state index in [2.05, 4.69) is 4.98 Å². The van der Waals surface area contributed by atoms with E-state index in [4.69, 9.17) is 15.6 Å². The Morgan fingerprint density at radius 2 is 2.15 bits per heavy atom. The molecule has 0 saturated heterocycles. The number of nitrogens with zero attached hydrogens (tertiary/aromatic N) is 1. The molecular weight excluding hydrogens is 263 g/mol. The molecule has 0 aliphatic rings. The lowest BCUT2D eigenvalue weighted by molar-refractivity contribution is -0.131. The van der Waals surface area contributed by atoms with Crippen molar-refractivity contribution in [2.75, 3.05) is 5.73 Å². The summed E-state index contributed by atoms with van der Waals surface area (Å²) in [6, 6.07) is 7.22. The lowest BCUT2D eigenvalue weighted by Crippen LogP contribution is -1.93. The minimum atomic E-state index is -1.10. The van der Waals surface area contributed by atoms with Gasteiger partial charge in [-0.1, -0.05) is 6.07 Å². The minimum Gasteiger partial charge on any atom is -0.478 e. The van der Waals surface area contributed by atoms with Crippen LogP contribution in [-0.2, 0) is 4.79 Å². The van der Waals surface area contributed by atoms with Gasteiger partial charge in [0.1, 0.15) is 0 Å². The summed E-state index contributed by atoms with van der Waals surface area (Å²) in [5.41, 5.74) is 6.38. The zero-order valence-corrected chi connectivity index (χ0v) is 10.3. The van der Waals surface area contributed by atoms with E-state index in [1.54, 1.807) is 6.07 Å². The van der Waals surface area contributed by atoms with Crippen LogP contribution in [0.1, 0.15) is 5.56 Å². The van der Waals surface area contributed by atoms with Crippen LogP contribution in [-0.4, -0.2) is 16.1 Å². The van der Waals surface area contributed by atoms with Crippen molar-refractivity contribution >= 4 is 17.7 Å². The number of nitrogens with two attached hydrogens (primary N) is 1. The van der Waals surface area contributed by atoms with Gasteiger partial charge in [-0.15, -0.1) is 0 Å². The number of pyridine rings is 1. The number of hydrogen-bond acceptors (Lipinski definition) is 4. The first-order valence-electron chi connectivity index (χ1n) is 5.64. The Morgan fingerprint density at radius 3 is 2.75 bits per heavy atom. The highest BCUT2D eigenvalue weighted by Gasteiger charge is 2.06. The van der Waals surface area contributed by atoms with E-state index >= 15 is 0 Å². The summed E-state index contributed by atoms with van der Waals surface area (Å²) in [6.45, 7) is 0. The number of halogens is 1. The molecule has 0 radical (unpaired) electrons. The van der Waals surface area contributed by atoms with Gasteiger partial charge < -0.3 is 15.6 Å². The Balaban J connectivity index is 2.17. The van der Waals surface area contributed by atoms with E-state index in [1.807, 2.05) is 0 Å². The van der Waals surface area contributed by atoms with Gasteiger partial charge in [-0.05, 0) is 29.8 Å². The van der Waals surface area contributed by atoms with Gasteiger partial charge in [0, 0.05) is 12.1 Å². The van der Waals surface area contributed by atoms with Crippen molar-refractivity contribution in [3.8, 4) is 11.6 Å². The van der Waals surface area contributed by atoms with Crippen molar-refractivity contribution in [1.82, 2.24) is 4.98 Å². The fourth-order valence-corrected chi connectivity index (χ4v) is 1.44. The van der Waals surface area contributed by atoms with Crippen molar-refractivity contribution in [2.24, 2.45) is 0 Å². The maximum absolute atomic E-state index is 13.8. The molecule has 3 N–H and O–H groups in total. The quantitative estimate of drug-likeness (QED) is 0.837. The molecule has 0 saturated carbocycles. The van der Waals surface area contributed by atoms with Crippen molar-refractivity contribution in [1.29, 1.82) is 0 Å². The molecule has 0 aliphatic carbocycles. The predicted molar refractivity (Wildman–Crippen MR) is 71.8 cm³/mol. The molecule has 0 unspecified atom stereocenters. The molecule has 0 amide bonds. The van der Waals surface area contributed by atoms with Gasteiger partial charge in [-0.2, -0.15) is 0 Å². The van der Waals surface area contributed by atoms with Gasteiger partial charge in [-0.25, -0.2) is 14.2 Å². The summed E-state index contributed by atoms with van der Waals surface area (Å²) in [7, 11) is 0. The van der Waals surface area contributed by atoms with Crippen LogP contribution in [0.25, 0.3) is 6.08 Å². The molecule has 102 valence electrons. The number of carboxylic acids is 1. The molecule has 0 spiro atoms. The predicted octanol–water partition coefficient (Wildman–Crippen LogP) is 2.69. The summed E-state index contributed by atoms with van der Waals surface area (Å²) in [6.07, 6.45) is 3.62. The zero-order chi connectivity index (χ0) is 14.5. The summed E-state index contributed by atoms with van der Waals surface area (Å²) in [5.74, 6) is -1.50. The van der Waals surface area contributed by atoms with Crippen LogP contribution in [0.3, 0.4) is 0 Å². The number of nitrogen functional groups attached to an aromatic ring is 1. The average Bonchev–Trinajstić information content (AvgIpc) is 2.41. The SMILES string of the molecule is Nc1ccc(Oc2ccc(C=CC(=O)O)cc2F)nc1. The van der Waals surface area contributed by atoms with E-state index in [0.29, 0.717) is 11.3 Å². The zero-order valence-electron chi connectivity index (χ0n) is 10.3. The number of benzene rings is 1. The first kappa shape index (κ1) is 13.5. The molecule has 0 fully saturated rings. The molecule has 0 bridgehead atoms. The van der Waals surface area contributed by atoms with Crippen molar-refractivity contribution in [2.45, 2.75) is 0 Å². The second-order valence-electron chi connectivity index (χ2n) is 3.89. The molecule has 0 aliphatic heterocycles. The molecule has 1 heterocycles. The molecule has 6 heteroatoms. The number of hydrogen-bond donors (Lipinski definition) is 2. The standard InChI is InChI=1S/C14H11FN2O3/c15-11-7-9(2-6-14(18)19)1-4-12(11)20-13-5-3-10(16)8-17-13/h1-8H,16H2,(H,18,19). The van der Waals surface area contributed by atoms with E-state index in [0.717, 1.165) is 6.08 Å². The Bertz CT molecular complexity index is 654. The summed E-state index contributed by atoms with van der Waals surface area (Å²) in [4.78, 5) is 14.3. The van der Waals surface area contributed by atoms with Crippen LogP contribution in [0.2, 0.25) is 0 Å². The molecule has 2 rings (SSSR count). The molecule has 5 nitrogen and oxygen atoms in total. The summed E-state index contributed by atoms with van der Waals surface area (Å²) < 4.78 is 19.0. The summed E-state index contributed by atoms with van der Waals surface area (Å²) >= 11 is 0. The van der Waals surface area contributed by atoms with Gasteiger partial charge in [0.15, 0.2) is 11.6 Å². The highest BCUT2D eigenvalue weighted by Crippen LogP contribution is 2.24. The highest BCUT2D eigenvalue weighted by molar-refractivity contribution is 5.85.